The van der Waals surface area contributed by atoms with Crippen LogP contribution >= 0.6 is 0 Å². The Morgan fingerprint density at radius 2 is 2.30 bits per heavy atom. The average molecular weight is 274 g/mol. The lowest BCUT2D eigenvalue weighted by Gasteiger charge is -2.33. The fraction of sp³-hybridized carbons (Fsp3) is 0.385. The van der Waals surface area contributed by atoms with Gasteiger partial charge >= 0.3 is 5.97 Å². The summed E-state index contributed by atoms with van der Waals surface area (Å²) >= 11 is 0. The molecule has 104 valence electrons. The van der Waals surface area contributed by atoms with Gasteiger partial charge in [0.2, 0.25) is 0 Å². The van der Waals surface area contributed by atoms with Crippen molar-refractivity contribution in [3.63, 3.8) is 0 Å². The third-order valence-corrected chi connectivity index (χ3v) is 3.24. The summed E-state index contributed by atoms with van der Waals surface area (Å²) in [5, 5.41) is 15.9. The van der Waals surface area contributed by atoms with Crippen LogP contribution in [0, 0.1) is 11.3 Å². The monoisotopic (exact) mass is 274 g/mol. The predicted molar refractivity (Wildman–Crippen MR) is 69.6 cm³/mol. The number of ketones is 1. The van der Waals surface area contributed by atoms with E-state index in [1.807, 2.05) is 6.07 Å². The molecule has 0 bridgehead atoms. The van der Waals surface area contributed by atoms with Gasteiger partial charge in [0.15, 0.2) is 11.3 Å². The molecule has 1 aliphatic heterocycles. The Balaban J connectivity index is 2.64. The second kappa shape index (κ2) is 4.81. The van der Waals surface area contributed by atoms with Crippen LogP contribution < -0.4 is 5.32 Å². The molecule has 2 rings (SSSR count). The minimum absolute atomic E-state index is 0.189. The van der Waals surface area contributed by atoms with E-state index in [9.17, 15) is 9.59 Å². The zero-order chi connectivity index (χ0) is 14.9. The summed E-state index contributed by atoms with van der Waals surface area (Å²) in [7, 11) is 0. The summed E-state index contributed by atoms with van der Waals surface area (Å²) in [5.41, 5.74) is -0.854. The molecule has 1 atom stereocenters. The molecular weight excluding hydrogens is 260 g/mol. The first kappa shape index (κ1) is 13.8. The van der Waals surface area contributed by atoms with Gasteiger partial charge in [0.05, 0.1) is 12.8 Å². The van der Waals surface area contributed by atoms with Gasteiger partial charge in [0.25, 0.3) is 0 Å². The van der Waals surface area contributed by atoms with Gasteiger partial charge in [-0.25, -0.2) is 9.48 Å². The van der Waals surface area contributed by atoms with Gasteiger partial charge in [-0.15, -0.1) is 0 Å². The first-order chi connectivity index (χ1) is 9.46. The topological polar surface area (TPSA) is 97.0 Å². The molecule has 1 aliphatic rings. The maximum absolute atomic E-state index is 12.3. The van der Waals surface area contributed by atoms with Crippen LogP contribution in [0.1, 0.15) is 26.3 Å². The SMILES string of the molecule is CCOC(=O)C1(C)C(C(C)=O)=CNc2c(C#N)cnn21. The fourth-order valence-electron chi connectivity index (χ4n) is 2.22. The van der Waals surface area contributed by atoms with Gasteiger partial charge in [-0.2, -0.15) is 10.4 Å². The van der Waals surface area contributed by atoms with Gasteiger partial charge in [-0.1, -0.05) is 0 Å². The normalized spacial score (nSPS) is 20.2. The first-order valence-electron chi connectivity index (χ1n) is 6.10. The van der Waals surface area contributed by atoms with Gasteiger partial charge in [0.1, 0.15) is 17.5 Å². The molecule has 7 heteroatoms. The van der Waals surface area contributed by atoms with Crippen molar-refractivity contribution in [2.45, 2.75) is 26.3 Å². The lowest BCUT2D eigenvalue weighted by molar-refractivity contribution is -0.152. The number of aromatic nitrogens is 2. The lowest BCUT2D eigenvalue weighted by Crippen LogP contribution is -2.47. The number of nitrogens with zero attached hydrogens (tertiary/aromatic N) is 3. The highest BCUT2D eigenvalue weighted by Gasteiger charge is 2.47. The van der Waals surface area contributed by atoms with Crippen LogP contribution in [-0.4, -0.2) is 28.1 Å². The number of carbonyl (C=O) groups is 2. The highest BCUT2D eigenvalue weighted by molar-refractivity contribution is 6.03. The maximum Gasteiger partial charge on any atom is 0.338 e. The van der Waals surface area contributed by atoms with Crippen molar-refractivity contribution in [3.8, 4) is 6.07 Å². The molecule has 0 aromatic carbocycles. The van der Waals surface area contributed by atoms with Gasteiger partial charge < -0.3 is 10.1 Å². The molecule has 0 aliphatic carbocycles. The molecule has 1 aromatic heterocycles. The Bertz CT molecular complexity index is 653. The largest absolute Gasteiger partial charge is 0.464 e. The number of nitriles is 1. The van der Waals surface area contributed by atoms with E-state index in [1.165, 1.54) is 24.0 Å². The van der Waals surface area contributed by atoms with Crippen molar-refractivity contribution in [2.24, 2.45) is 0 Å². The summed E-state index contributed by atoms with van der Waals surface area (Å²) in [6.07, 6.45) is 2.77. The third kappa shape index (κ3) is 1.77. The van der Waals surface area contributed by atoms with E-state index in [4.69, 9.17) is 10.00 Å². The van der Waals surface area contributed by atoms with Gasteiger partial charge in [-0.3, -0.25) is 4.79 Å². The van der Waals surface area contributed by atoms with Crippen molar-refractivity contribution in [3.05, 3.63) is 23.5 Å². The van der Waals surface area contributed by atoms with Crippen molar-refractivity contribution >= 4 is 17.6 Å². The van der Waals surface area contributed by atoms with E-state index in [-0.39, 0.29) is 18.0 Å². The van der Waals surface area contributed by atoms with Crippen molar-refractivity contribution in [1.82, 2.24) is 9.78 Å². The number of Topliss-reactive ketones (excluding diaryl/α,β-unsaturated/α-hetero) is 1. The molecule has 2 heterocycles. The Kier molecular flexibility index (Phi) is 3.32. The number of esters is 1. The van der Waals surface area contributed by atoms with E-state index in [2.05, 4.69) is 10.4 Å². The molecule has 0 amide bonds. The molecule has 0 saturated carbocycles. The van der Waals surface area contributed by atoms with Crippen molar-refractivity contribution in [1.29, 1.82) is 5.26 Å². The smallest absolute Gasteiger partial charge is 0.338 e. The molecule has 7 nitrogen and oxygen atoms in total. The second-order valence-corrected chi connectivity index (χ2v) is 4.48. The van der Waals surface area contributed by atoms with Crippen LogP contribution in [0.15, 0.2) is 18.0 Å². The highest BCUT2D eigenvalue weighted by Crippen LogP contribution is 2.35. The molecule has 0 spiro atoms. The minimum atomic E-state index is -1.38. The number of carbonyl (C=O) groups excluding carboxylic acids is 2. The number of hydrogen-bond donors (Lipinski definition) is 1. The molecule has 20 heavy (non-hydrogen) atoms. The Morgan fingerprint density at radius 3 is 2.85 bits per heavy atom. The van der Waals surface area contributed by atoms with E-state index in [1.54, 1.807) is 13.8 Å². The fourth-order valence-corrected chi connectivity index (χ4v) is 2.22. The van der Waals surface area contributed by atoms with Crippen molar-refractivity contribution < 1.29 is 14.3 Å². The highest BCUT2D eigenvalue weighted by atomic mass is 16.5. The van der Waals surface area contributed by atoms with Crippen LogP contribution in [0.25, 0.3) is 0 Å². The molecule has 0 saturated heterocycles. The number of ether oxygens (including phenoxy) is 1. The zero-order valence-electron chi connectivity index (χ0n) is 11.4. The number of hydrogen-bond acceptors (Lipinski definition) is 6. The van der Waals surface area contributed by atoms with E-state index >= 15 is 0 Å². The number of rotatable bonds is 3. The molecular formula is C13H14N4O3. The lowest BCUT2D eigenvalue weighted by atomic mass is 9.88. The van der Waals surface area contributed by atoms with E-state index in [0.29, 0.717) is 11.4 Å². The first-order valence-corrected chi connectivity index (χ1v) is 6.10. The molecule has 1 aromatic rings. The maximum atomic E-state index is 12.3. The van der Waals surface area contributed by atoms with Gasteiger partial charge in [0, 0.05) is 11.8 Å². The summed E-state index contributed by atoms with van der Waals surface area (Å²) in [4.78, 5) is 24.1. The minimum Gasteiger partial charge on any atom is -0.464 e. The van der Waals surface area contributed by atoms with E-state index in [0.717, 1.165) is 0 Å². The zero-order valence-corrected chi connectivity index (χ0v) is 11.4. The van der Waals surface area contributed by atoms with Crippen LogP contribution in [0.5, 0.6) is 0 Å². The Hall–Kier alpha value is -2.62. The second-order valence-electron chi connectivity index (χ2n) is 4.48. The molecule has 0 radical (unpaired) electrons. The summed E-state index contributed by atoms with van der Waals surface area (Å²) in [6.45, 7) is 4.79. The average Bonchev–Trinajstić information content (AvgIpc) is 2.83. The molecule has 1 unspecified atom stereocenters. The summed E-state index contributed by atoms with van der Waals surface area (Å²) in [5.74, 6) is -0.488. The third-order valence-electron chi connectivity index (χ3n) is 3.24. The molecule has 1 N–H and O–H groups in total. The number of nitrogens with one attached hydrogen (secondary N) is 1. The Labute approximate surface area is 115 Å². The standard InChI is InChI=1S/C13H14N4O3/c1-4-20-12(19)13(3)10(8(2)18)7-15-11-9(5-14)6-16-17(11)13/h6-7,15H,4H2,1-3H3. The Morgan fingerprint density at radius 1 is 1.60 bits per heavy atom. The summed E-state index contributed by atoms with van der Waals surface area (Å²) < 4.78 is 6.38. The quantitative estimate of drug-likeness (QED) is 0.823. The van der Waals surface area contributed by atoms with Crippen LogP contribution in [0.4, 0.5) is 5.82 Å². The van der Waals surface area contributed by atoms with Crippen LogP contribution in [0.3, 0.4) is 0 Å². The number of fused-ring (bicyclic) bond motifs is 1. The van der Waals surface area contributed by atoms with Crippen LogP contribution in [0.2, 0.25) is 0 Å². The number of anilines is 1. The summed E-state index contributed by atoms with van der Waals surface area (Å²) in [6, 6.07) is 1.98. The molecule has 0 fully saturated rings. The van der Waals surface area contributed by atoms with Crippen molar-refractivity contribution in [2.75, 3.05) is 11.9 Å². The van der Waals surface area contributed by atoms with E-state index < -0.39 is 11.5 Å². The van der Waals surface area contributed by atoms with Gasteiger partial charge in [-0.05, 0) is 20.8 Å². The van der Waals surface area contributed by atoms with Crippen LogP contribution in [-0.2, 0) is 19.9 Å². The predicted octanol–water partition coefficient (Wildman–Crippen LogP) is 0.931.